The smallest absolute Gasteiger partial charge is 0.119 e. The van der Waals surface area contributed by atoms with Gasteiger partial charge in [0.2, 0.25) is 0 Å². The van der Waals surface area contributed by atoms with Crippen LogP contribution < -0.4 is 10.1 Å². The van der Waals surface area contributed by atoms with Gasteiger partial charge in [0.05, 0.1) is 6.61 Å². The zero-order valence-corrected chi connectivity index (χ0v) is 13.5. The Balaban J connectivity index is 2.28. The lowest BCUT2D eigenvalue weighted by atomic mass is 10.1. The maximum Gasteiger partial charge on any atom is 0.119 e. The molecule has 0 radical (unpaired) electrons. The molecule has 0 heterocycles. The zero-order chi connectivity index (χ0) is 15.5. The SMILES string of the molecule is CCCCOCC(O)COc1ccc(C(C)NCC)cc1. The first kappa shape index (κ1) is 18.0. The highest BCUT2D eigenvalue weighted by Crippen LogP contribution is 2.17. The van der Waals surface area contributed by atoms with Crippen LogP contribution in [0.5, 0.6) is 5.75 Å². The van der Waals surface area contributed by atoms with Gasteiger partial charge in [-0.2, -0.15) is 0 Å². The number of aliphatic hydroxyl groups excluding tert-OH is 1. The van der Waals surface area contributed by atoms with E-state index in [4.69, 9.17) is 9.47 Å². The van der Waals surface area contributed by atoms with Crippen molar-refractivity contribution in [1.82, 2.24) is 5.32 Å². The highest BCUT2D eigenvalue weighted by Gasteiger charge is 2.07. The Morgan fingerprint density at radius 1 is 1.14 bits per heavy atom. The van der Waals surface area contributed by atoms with Gasteiger partial charge in [-0.1, -0.05) is 32.4 Å². The fourth-order valence-electron chi connectivity index (χ4n) is 1.98. The molecule has 21 heavy (non-hydrogen) atoms. The Bertz CT molecular complexity index is 367. The van der Waals surface area contributed by atoms with E-state index in [2.05, 4.69) is 26.1 Å². The molecular formula is C17H29NO3. The van der Waals surface area contributed by atoms with Gasteiger partial charge in [-0.15, -0.1) is 0 Å². The number of benzene rings is 1. The second-order valence-corrected chi connectivity index (χ2v) is 5.24. The minimum absolute atomic E-state index is 0.258. The largest absolute Gasteiger partial charge is 0.491 e. The standard InChI is InChI=1S/C17H29NO3/c1-4-6-11-20-12-16(19)13-21-17-9-7-15(8-10-17)14(3)18-5-2/h7-10,14,16,18-19H,4-6,11-13H2,1-3H3. The van der Waals surface area contributed by atoms with Gasteiger partial charge in [0.25, 0.3) is 0 Å². The Hall–Kier alpha value is -1.10. The summed E-state index contributed by atoms with van der Waals surface area (Å²) in [6.07, 6.45) is 1.55. The lowest BCUT2D eigenvalue weighted by Crippen LogP contribution is -2.23. The number of rotatable bonds is 11. The third-order valence-corrected chi connectivity index (χ3v) is 3.29. The van der Waals surface area contributed by atoms with Crippen molar-refractivity contribution in [3.63, 3.8) is 0 Å². The van der Waals surface area contributed by atoms with Gasteiger partial charge in [0.1, 0.15) is 18.5 Å². The number of aliphatic hydroxyl groups is 1. The Kier molecular flexibility index (Phi) is 9.06. The number of hydrogen-bond donors (Lipinski definition) is 2. The minimum atomic E-state index is -0.581. The van der Waals surface area contributed by atoms with Crippen LogP contribution in [0.3, 0.4) is 0 Å². The van der Waals surface area contributed by atoms with Crippen LogP contribution in [0.25, 0.3) is 0 Å². The van der Waals surface area contributed by atoms with Crippen molar-refractivity contribution in [2.45, 2.75) is 45.8 Å². The molecule has 2 atom stereocenters. The van der Waals surface area contributed by atoms with Crippen molar-refractivity contribution < 1.29 is 14.6 Å². The summed E-state index contributed by atoms with van der Waals surface area (Å²) < 4.78 is 10.9. The van der Waals surface area contributed by atoms with Crippen LogP contribution in [0.4, 0.5) is 0 Å². The van der Waals surface area contributed by atoms with Crippen LogP contribution in [-0.2, 0) is 4.74 Å². The fraction of sp³-hybridized carbons (Fsp3) is 0.647. The van der Waals surface area contributed by atoms with Crippen LogP contribution in [-0.4, -0.2) is 37.6 Å². The van der Waals surface area contributed by atoms with Gasteiger partial charge < -0.3 is 19.9 Å². The van der Waals surface area contributed by atoms with E-state index >= 15 is 0 Å². The molecule has 120 valence electrons. The molecular weight excluding hydrogens is 266 g/mol. The summed E-state index contributed by atoms with van der Waals surface area (Å²) >= 11 is 0. The third-order valence-electron chi connectivity index (χ3n) is 3.29. The van der Waals surface area contributed by atoms with Crippen LogP contribution in [0, 0.1) is 0 Å². The van der Waals surface area contributed by atoms with Gasteiger partial charge in [0.15, 0.2) is 0 Å². The molecule has 1 aromatic carbocycles. The first-order chi connectivity index (χ1) is 10.2. The molecule has 0 aliphatic rings. The van der Waals surface area contributed by atoms with E-state index in [0.717, 1.165) is 25.1 Å². The van der Waals surface area contributed by atoms with Crippen molar-refractivity contribution >= 4 is 0 Å². The average Bonchev–Trinajstić information content (AvgIpc) is 2.50. The zero-order valence-electron chi connectivity index (χ0n) is 13.5. The number of unbranched alkanes of at least 4 members (excludes halogenated alkanes) is 1. The second-order valence-electron chi connectivity index (χ2n) is 5.24. The molecule has 0 aliphatic heterocycles. The van der Waals surface area contributed by atoms with Gasteiger partial charge in [0, 0.05) is 12.6 Å². The van der Waals surface area contributed by atoms with Crippen molar-refractivity contribution in [1.29, 1.82) is 0 Å². The van der Waals surface area contributed by atoms with Crippen LogP contribution >= 0.6 is 0 Å². The Morgan fingerprint density at radius 3 is 2.48 bits per heavy atom. The molecule has 0 bridgehead atoms. The topological polar surface area (TPSA) is 50.7 Å². The number of nitrogens with one attached hydrogen (secondary N) is 1. The van der Waals surface area contributed by atoms with Crippen LogP contribution in [0.2, 0.25) is 0 Å². The predicted molar refractivity (Wildman–Crippen MR) is 85.8 cm³/mol. The Morgan fingerprint density at radius 2 is 1.86 bits per heavy atom. The molecule has 0 amide bonds. The van der Waals surface area contributed by atoms with Crippen molar-refractivity contribution in [3.8, 4) is 5.75 Å². The van der Waals surface area contributed by atoms with E-state index in [0.29, 0.717) is 19.3 Å². The summed E-state index contributed by atoms with van der Waals surface area (Å²) in [7, 11) is 0. The molecule has 0 aliphatic carbocycles. The summed E-state index contributed by atoms with van der Waals surface area (Å²) in [5, 5.41) is 13.1. The van der Waals surface area contributed by atoms with E-state index in [1.165, 1.54) is 5.56 Å². The minimum Gasteiger partial charge on any atom is -0.491 e. The molecule has 0 saturated heterocycles. The highest BCUT2D eigenvalue weighted by molar-refractivity contribution is 5.28. The first-order valence-electron chi connectivity index (χ1n) is 7.89. The second kappa shape index (κ2) is 10.6. The van der Waals surface area contributed by atoms with E-state index in [1.54, 1.807) is 0 Å². The lowest BCUT2D eigenvalue weighted by Gasteiger charge is -2.15. The molecule has 0 aromatic heterocycles. The average molecular weight is 295 g/mol. The van der Waals surface area contributed by atoms with Crippen LogP contribution in [0.1, 0.15) is 45.2 Å². The summed E-state index contributed by atoms with van der Waals surface area (Å²) in [5.74, 6) is 0.773. The molecule has 2 N–H and O–H groups in total. The molecule has 4 nitrogen and oxygen atoms in total. The van der Waals surface area contributed by atoms with E-state index in [1.807, 2.05) is 24.3 Å². The van der Waals surface area contributed by atoms with Gasteiger partial charge in [-0.05, 0) is 37.6 Å². The summed E-state index contributed by atoms with van der Waals surface area (Å²) in [5.41, 5.74) is 1.23. The molecule has 1 rings (SSSR count). The summed E-state index contributed by atoms with van der Waals surface area (Å²) in [4.78, 5) is 0. The highest BCUT2D eigenvalue weighted by atomic mass is 16.5. The van der Waals surface area contributed by atoms with Crippen molar-refractivity contribution in [2.24, 2.45) is 0 Å². The predicted octanol–water partition coefficient (Wildman–Crippen LogP) is 2.91. The first-order valence-corrected chi connectivity index (χ1v) is 7.89. The van der Waals surface area contributed by atoms with Crippen molar-refractivity contribution in [3.05, 3.63) is 29.8 Å². The maximum atomic E-state index is 9.76. The molecule has 0 saturated carbocycles. The normalized spacial score (nSPS) is 13.9. The lowest BCUT2D eigenvalue weighted by molar-refractivity contribution is 0.0113. The summed E-state index contributed by atoms with van der Waals surface area (Å²) in [6, 6.07) is 8.31. The number of ether oxygens (including phenoxy) is 2. The van der Waals surface area contributed by atoms with E-state index in [9.17, 15) is 5.11 Å². The maximum absolute atomic E-state index is 9.76. The van der Waals surface area contributed by atoms with E-state index in [-0.39, 0.29) is 6.61 Å². The molecule has 1 aromatic rings. The summed E-state index contributed by atoms with van der Waals surface area (Å²) in [6.45, 7) is 8.58. The molecule has 4 heteroatoms. The van der Waals surface area contributed by atoms with Crippen LogP contribution in [0.15, 0.2) is 24.3 Å². The third kappa shape index (κ3) is 7.46. The number of hydrogen-bond acceptors (Lipinski definition) is 4. The van der Waals surface area contributed by atoms with Gasteiger partial charge in [-0.3, -0.25) is 0 Å². The molecule has 2 unspecified atom stereocenters. The van der Waals surface area contributed by atoms with E-state index < -0.39 is 6.10 Å². The quantitative estimate of drug-likeness (QED) is 0.616. The monoisotopic (exact) mass is 295 g/mol. The molecule has 0 fully saturated rings. The van der Waals surface area contributed by atoms with Gasteiger partial charge in [-0.25, -0.2) is 0 Å². The van der Waals surface area contributed by atoms with Crippen molar-refractivity contribution in [2.75, 3.05) is 26.4 Å². The fourth-order valence-corrected chi connectivity index (χ4v) is 1.98. The Labute approximate surface area is 128 Å². The molecule has 0 spiro atoms. The van der Waals surface area contributed by atoms with Gasteiger partial charge >= 0.3 is 0 Å².